The standard InChI is InChI=1S/C35H50S2Si/c1-21(2)35(22(3)4,23(5)6)17-15-29-31-19-27(13)37-34(31)30(32-20-28(14)36-33(29)32)16-18-38(24(7)8,25(9)10)26(11)12/h19-26H,1-14H3. The topological polar surface area (TPSA) is 0 Å². The van der Waals surface area contributed by atoms with Crippen LogP contribution < -0.4 is 0 Å². The zero-order chi connectivity index (χ0) is 28.7. The van der Waals surface area contributed by atoms with Gasteiger partial charge in [-0.15, -0.1) is 28.2 Å². The Morgan fingerprint density at radius 2 is 0.974 bits per heavy atom. The number of thiophene rings is 2. The fraction of sp³-hybridized carbons (Fsp3) is 0.600. The van der Waals surface area contributed by atoms with E-state index in [1.54, 1.807) is 0 Å². The number of hydrogen-bond donors (Lipinski definition) is 0. The zero-order valence-corrected chi connectivity index (χ0v) is 29.1. The van der Waals surface area contributed by atoms with Gasteiger partial charge in [-0.2, -0.15) is 0 Å². The second-order valence-corrected chi connectivity index (χ2v) is 21.3. The smallest absolute Gasteiger partial charge is 0.139 e. The quantitative estimate of drug-likeness (QED) is 0.207. The molecule has 0 spiro atoms. The first kappa shape index (κ1) is 31.0. The van der Waals surface area contributed by atoms with Crippen LogP contribution in [-0.2, 0) is 0 Å². The maximum absolute atomic E-state index is 4.04. The highest BCUT2D eigenvalue weighted by Gasteiger charge is 2.42. The fourth-order valence-corrected chi connectivity index (χ4v) is 14.7. The van der Waals surface area contributed by atoms with E-state index in [1.807, 2.05) is 22.7 Å². The molecule has 0 aliphatic carbocycles. The molecule has 3 aromatic rings. The summed E-state index contributed by atoms with van der Waals surface area (Å²) in [6.07, 6.45) is 0. The van der Waals surface area contributed by atoms with E-state index in [0.29, 0.717) is 34.4 Å². The Balaban J connectivity index is 2.44. The van der Waals surface area contributed by atoms with Crippen molar-refractivity contribution < 1.29 is 0 Å². The van der Waals surface area contributed by atoms with Crippen LogP contribution in [0.5, 0.6) is 0 Å². The number of fused-ring (bicyclic) bond motifs is 2. The van der Waals surface area contributed by atoms with Gasteiger partial charge in [-0.25, -0.2) is 0 Å². The molecule has 0 amide bonds. The summed E-state index contributed by atoms with van der Waals surface area (Å²) in [5, 5.41) is 2.61. The Morgan fingerprint density at radius 1 is 0.605 bits per heavy atom. The number of aryl methyl sites for hydroxylation is 2. The highest BCUT2D eigenvalue weighted by Crippen LogP contribution is 2.45. The van der Waals surface area contributed by atoms with E-state index in [1.165, 1.54) is 41.1 Å². The summed E-state index contributed by atoms with van der Waals surface area (Å²) in [5.41, 5.74) is 8.34. The maximum atomic E-state index is 4.04. The molecule has 0 saturated carbocycles. The Morgan fingerprint density at radius 3 is 1.32 bits per heavy atom. The van der Waals surface area contributed by atoms with Crippen LogP contribution in [0.3, 0.4) is 0 Å². The monoisotopic (exact) mass is 562 g/mol. The van der Waals surface area contributed by atoms with Gasteiger partial charge in [0.15, 0.2) is 0 Å². The molecule has 0 atom stereocenters. The molecule has 1 aromatic carbocycles. The lowest BCUT2D eigenvalue weighted by Crippen LogP contribution is -2.43. The van der Waals surface area contributed by atoms with Crippen LogP contribution in [0.2, 0.25) is 16.6 Å². The first-order chi connectivity index (χ1) is 17.6. The Labute approximate surface area is 243 Å². The van der Waals surface area contributed by atoms with Crippen LogP contribution >= 0.6 is 22.7 Å². The summed E-state index contributed by atoms with van der Waals surface area (Å²) in [4.78, 5) is 2.67. The largest absolute Gasteiger partial charge is 0.146 e. The summed E-state index contributed by atoms with van der Waals surface area (Å²) in [7, 11) is -1.84. The second kappa shape index (κ2) is 11.5. The average molecular weight is 563 g/mol. The van der Waals surface area contributed by atoms with Gasteiger partial charge in [0.05, 0.1) is 20.5 Å². The SMILES string of the molecule is Cc1cc2c(C#C[Si](C(C)C)(C(C)C)C(C)C)c3sc(C)cc3c(C#CC(C(C)C)(C(C)C)C(C)C)c2s1. The van der Waals surface area contributed by atoms with Gasteiger partial charge >= 0.3 is 0 Å². The minimum absolute atomic E-state index is 0.0223. The van der Waals surface area contributed by atoms with Crippen LogP contribution in [0, 0.1) is 60.3 Å². The van der Waals surface area contributed by atoms with Gasteiger partial charge in [0.2, 0.25) is 0 Å². The number of rotatable bonds is 6. The lowest BCUT2D eigenvalue weighted by Gasteiger charge is -2.40. The van der Waals surface area contributed by atoms with Crippen LogP contribution in [0.25, 0.3) is 20.2 Å². The third kappa shape index (κ3) is 5.17. The van der Waals surface area contributed by atoms with Crippen molar-refractivity contribution in [3.63, 3.8) is 0 Å². The van der Waals surface area contributed by atoms with Crippen molar-refractivity contribution in [3.05, 3.63) is 33.0 Å². The van der Waals surface area contributed by atoms with Gasteiger partial charge < -0.3 is 0 Å². The van der Waals surface area contributed by atoms with Gasteiger partial charge in [-0.1, -0.05) is 101 Å². The Kier molecular flexibility index (Phi) is 9.41. The van der Waals surface area contributed by atoms with Gasteiger partial charge in [0, 0.05) is 25.9 Å². The number of hydrogen-bond acceptors (Lipinski definition) is 2. The minimum Gasteiger partial charge on any atom is -0.139 e. The lowest BCUT2D eigenvalue weighted by atomic mass is 9.62. The molecule has 0 fully saturated rings. The van der Waals surface area contributed by atoms with Gasteiger partial charge in [0.1, 0.15) is 8.07 Å². The molecule has 0 aliphatic rings. The van der Waals surface area contributed by atoms with Crippen molar-refractivity contribution in [3.8, 4) is 23.3 Å². The van der Waals surface area contributed by atoms with E-state index >= 15 is 0 Å². The highest BCUT2D eigenvalue weighted by atomic mass is 32.1. The maximum Gasteiger partial charge on any atom is 0.146 e. The second-order valence-electron chi connectivity index (χ2n) is 13.2. The van der Waals surface area contributed by atoms with Gasteiger partial charge in [0.25, 0.3) is 0 Å². The van der Waals surface area contributed by atoms with Crippen LogP contribution in [0.15, 0.2) is 12.1 Å². The van der Waals surface area contributed by atoms with E-state index in [4.69, 9.17) is 0 Å². The zero-order valence-electron chi connectivity index (χ0n) is 26.4. The van der Waals surface area contributed by atoms with E-state index < -0.39 is 8.07 Å². The van der Waals surface area contributed by atoms with Crippen molar-refractivity contribution in [2.45, 2.75) is 114 Å². The summed E-state index contributed by atoms with van der Waals surface area (Å²) in [6.45, 7) is 32.9. The normalized spacial score (nSPS) is 12.9. The molecule has 3 rings (SSSR count). The fourth-order valence-electron chi connectivity index (χ4n) is 7.47. The van der Waals surface area contributed by atoms with Crippen molar-refractivity contribution in [1.29, 1.82) is 0 Å². The molecule has 206 valence electrons. The molecule has 0 radical (unpaired) electrons. The van der Waals surface area contributed by atoms with Crippen molar-refractivity contribution in [1.82, 2.24) is 0 Å². The third-order valence-corrected chi connectivity index (χ3v) is 17.7. The van der Waals surface area contributed by atoms with Crippen molar-refractivity contribution in [2.75, 3.05) is 0 Å². The summed E-state index contributed by atoms with van der Waals surface area (Å²) in [5.74, 6) is 13.1. The molecule has 0 nitrogen and oxygen atoms in total. The molecular weight excluding hydrogens is 513 g/mol. The van der Waals surface area contributed by atoms with E-state index in [2.05, 4.69) is 132 Å². The summed E-state index contributed by atoms with van der Waals surface area (Å²) < 4.78 is 2.65. The lowest BCUT2D eigenvalue weighted by molar-refractivity contribution is 0.123. The molecule has 38 heavy (non-hydrogen) atoms. The average Bonchev–Trinajstić information content (AvgIpc) is 3.35. The van der Waals surface area contributed by atoms with E-state index in [-0.39, 0.29) is 5.41 Å². The highest BCUT2D eigenvalue weighted by molar-refractivity contribution is 7.21. The van der Waals surface area contributed by atoms with Crippen LogP contribution in [0.1, 0.15) is 104 Å². The summed E-state index contributed by atoms with van der Waals surface area (Å²) in [6, 6.07) is 4.73. The third-order valence-electron chi connectivity index (χ3n) is 9.24. The molecule has 2 aromatic heterocycles. The predicted octanol–water partition coefficient (Wildman–Crippen LogP) is 11.6. The molecule has 0 N–H and O–H groups in total. The molecular formula is C35H50S2Si. The van der Waals surface area contributed by atoms with Gasteiger partial charge in [-0.05, 0) is 60.4 Å². The van der Waals surface area contributed by atoms with Crippen molar-refractivity contribution in [2.24, 2.45) is 23.2 Å². The molecule has 0 saturated heterocycles. The van der Waals surface area contributed by atoms with E-state index in [9.17, 15) is 0 Å². The van der Waals surface area contributed by atoms with Crippen LogP contribution in [-0.4, -0.2) is 8.07 Å². The van der Waals surface area contributed by atoms with Gasteiger partial charge in [-0.3, -0.25) is 0 Å². The Bertz CT molecular complexity index is 1210. The predicted molar refractivity (Wildman–Crippen MR) is 178 cm³/mol. The molecule has 0 bridgehead atoms. The van der Waals surface area contributed by atoms with Crippen LogP contribution in [0.4, 0.5) is 0 Å². The molecule has 2 heterocycles. The Hall–Kier alpha value is -1.52. The first-order valence-corrected chi connectivity index (χ1v) is 18.5. The molecule has 0 aliphatic heterocycles. The van der Waals surface area contributed by atoms with E-state index in [0.717, 1.165) is 0 Å². The number of benzene rings is 1. The molecule has 0 unspecified atom stereocenters. The molecule has 3 heteroatoms. The summed E-state index contributed by atoms with van der Waals surface area (Å²) >= 11 is 3.79. The first-order valence-electron chi connectivity index (χ1n) is 14.6. The van der Waals surface area contributed by atoms with Crippen molar-refractivity contribution >= 4 is 50.9 Å². The minimum atomic E-state index is -1.84.